The smallest absolute Gasteiger partial charge is 0.229 e. The summed E-state index contributed by atoms with van der Waals surface area (Å²) < 4.78 is 5.18. The minimum atomic E-state index is -0.177. The van der Waals surface area contributed by atoms with Crippen LogP contribution < -0.4 is 10.1 Å². The molecular formula is C22H25N3O3. The van der Waals surface area contributed by atoms with E-state index in [9.17, 15) is 9.90 Å². The topological polar surface area (TPSA) is 83.3 Å². The van der Waals surface area contributed by atoms with E-state index in [0.717, 1.165) is 23.3 Å². The molecular weight excluding hydrogens is 354 g/mol. The van der Waals surface area contributed by atoms with Crippen LogP contribution in [0, 0.1) is 0 Å². The van der Waals surface area contributed by atoms with Crippen molar-refractivity contribution >= 4 is 23.7 Å². The third-order valence-corrected chi connectivity index (χ3v) is 3.80. The predicted octanol–water partition coefficient (Wildman–Crippen LogP) is 3.96. The van der Waals surface area contributed by atoms with Crippen LogP contribution in [0.5, 0.6) is 11.5 Å². The number of amidine groups is 1. The van der Waals surface area contributed by atoms with Crippen LogP contribution in [-0.2, 0) is 11.2 Å². The molecule has 146 valence electrons. The van der Waals surface area contributed by atoms with Crippen molar-refractivity contribution in [1.29, 1.82) is 0 Å². The molecule has 0 atom stereocenters. The zero-order chi connectivity index (χ0) is 20.4. The van der Waals surface area contributed by atoms with Gasteiger partial charge in [0.15, 0.2) is 0 Å². The lowest BCUT2D eigenvalue weighted by atomic mass is 10.1. The molecule has 2 rings (SSSR count). The van der Waals surface area contributed by atoms with Gasteiger partial charge in [-0.2, -0.15) is 0 Å². The summed E-state index contributed by atoms with van der Waals surface area (Å²) in [5, 5.41) is 12.1. The first kappa shape index (κ1) is 20.9. The number of amides is 1. The first-order chi connectivity index (χ1) is 13.5. The Hall–Kier alpha value is -3.41. The van der Waals surface area contributed by atoms with Gasteiger partial charge in [0.25, 0.3) is 0 Å². The first-order valence-electron chi connectivity index (χ1n) is 9.01. The molecule has 0 radical (unpaired) electrons. The van der Waals surface area contributed by atoms with Crippen LogP contribution in [0.3, 0.4) is 0 Å². The minimum Gasteiger partial charge on any atom is -0.508 e. The van der Waals surface area contributed by atoms with E-state index in [-0.39, 0.29) is 18.1 Å². The Morgan fingerprint density at radius 1 is 1.14 bits per heavy atom. The average Bonchev–Trinajstić information content (AvgIpc) is 2.70. The Morgan fingerprint density at radius 2 is 1.82 bits per heavy atom. The molecule has 6 nitrogen and oxygen atoms in total. The Balaban J connectivity index is 2.09. The minimum absolute atomic E-state index is 0.172. The highest BCUT2D eigenvalue weighted by atomic mass is 16.5. The van der Waals surface area contributed by atoms with E-state index in [1.54, 1.807) is 44.5 Å². The molecule has 0 aliphatic rings. The van der Waals surface area contributed by atoms with Gasteiger partial charge in [-0.05, 0) is 55.3 Å². The van der Waals surface area contributed by atoms with Crippen LogP contribution >= 0.6 is 0 Å². The number of hydrogen-bond donors (Lipinski definition) is 2. The normalized spacial score (nSPS) is 12.2. The zero-order valence-corrected chi connectivity index (χ0v) is 16.3. The van der Waals surface area contributed by atoms with Crippen molar-refractivity contribution in [2.45, 2.75) is 26.7 Å². The Morgan fingerprint density at radius 3 is 2.43 bits per heavy atom. The number of nitrogens with zero attached hydrogens (tertiary/aromatic N) is 2. The number of nitrogens with one attached hydrogen (secondary N) is 1. The van der Waals surface area contributed by atoms with Gasteiger partial charge in [-0.25, -0.2) is 4.99 Å². The molecule has 0 aliphatic carbocycles. The van der Waals surface area contributed by atoms with Crippen LogP contribution in [0.4, 0.5) is 0 Å². The van der Waals surface area contributed by atoms with Gasteiger partial charge in [-0.3, -0.25) is 9.79 Å². The molecule has 0 saturated carbocycles. The largest absolute Gasteiger partial charge is 0.508 e. The van der Waals surface area contributed by atoms with E-state index >= 15 is 0 Å². The zero-order valence-electron chi connectivity index (χ0n) is 16.3. The van der Waals surface area contributed by atoms with E-state index in [4.69, 9.17) is 4.74 Å². The molecule has 0 spiro atoms. The summed E-state index contributed by atoms with van der Waals surface area (Å²) in [7, 11) is 1.62. The number of carbonyl (C=O) groups is 1. The highest BCUT2D eigenvalue weighted by molar-refractivity contribution is 5.98. The summed E-state index contributed by atoms with van der Waals surface area (Å²) in [5.74, 6) is 1.24. The van der Waals surface area contributed by atoms with Crippen LogP contribution in [0.1, 0.15) is 31.4 Å². The number of benzene rings is 2. The van der Waals surface area contributed by atoms with Gasteiger partial charge in [0.1, 0.15) is 17.3 Å². The van der Waals surface area contributed by atoms with Gasteiger partial charge in [-0.15, -0.1) is 0 Å². The van der Waals surface area contributed by atoms with Gasteiger partial charge >= 0.3 is 0 Å². The number of rotatable bonds is 7. The summed E-state index contributed by atoms with van der Waals surface area (Å²) >= 11 is 0. The monoisotopic (exact) mass is 379 g/mol. The fourth-order valence-corrected chi connectivity index (χ4v) is 2.37. The molecule has 0 aromatic heterocycles. The first-order valence-corrected chi connectivity index (χ1v) is 9.01. The number of methoxy groups -OCH3 is 1. The third-order valence-electron chi connectivity index (χ3n) is 3.80. The SMILES string of the molecule is CCC=N/C(=C\N=C(C)NC(=O)Cc1ccc(O)cc1)c1ccc(OC)cc1. The van der Waals surface area contributed by atoms with E-state index < -0.39 is 0 Å². The van der Waals surface area contributed by atoms with Gasteiger partial charge < -0.3 is 15.2 Å². The lowest BCUT2D eigenvalue weighted by Crippen LogP contribution is -2.29. The van der Waals surface area contributed by atoms with E-state index in [0.29, 0.717) is 11.5 Å². The molecule has 0 aliphatic heterocycles. The van der Waals surface area contributed by atoms with Gasteiger partial charge in [0.2, 0.25) is 5.91 Å². The lowest BCUT2D eigenvalue weighted by molar-refractivity contribution is -0.119. The van der Waals surface area contributed by atoms with E-state index in [1.807, 2.05) is 37.4 Å². The highest BCUT2D eigenvalue weighted by Gasteiger charge is 2.05. The predicted molar refractivity (Wildman–Crippen MR) is 113 cm³/mol. The maximum Gasteiger partial charge on any atom is 0.229 e. The second-order valence-electron chi connectivity index (χ2n) is 6.07. The maximum absolute atomic E-state index is 12.1. The van der Waals surface area contributed by atoms with E-state index in [1.165, 1.54) is 0 Å². The third kappa shape index (κ3) is 6.72. The van der Waals surface area contributed by atoms with Crippen molar-refractivity contribution in [2.24, 2.45) is 9.98 Å². The van der Waals surface area contributed by atoms with Crippen LogP contribution in [-0.4, -0.2) is 30.2 Å². The Labute approximate surface area is 165 Å². The van der Waals surface area contributed by atoms with Crippen LogP contribution in [0.15, 0.2) is 64.7 Å². The summed E-state index contributed by atoms with van der Waals surface area (Å²) in [4.78, 5) is 20.9. The van der Waals surface area contributed by atoms with Gasteiger partial charge in [-0.1, -0.05) is 19.1 Å². The maximum atomic E-state index is 12.1. The fraction of sp³-hybridized carbons (Fsp3) is 0.227. The number of carbonyl (C=O) groups excluding carboxylic acids is 1. The quantitative estimate of drug-likeness (QED) is 0.564. The van der Waals surface area contributed by atoms with Crippen LogP contribution in [0.25, 0.3) is 5.70 Å². The fourth-order valence-electron chi connectivity index (χ4n) is 2.37. The molecule has 6 heteroatoms. The summed E-state index contributed by atoms with van der Waals surface area (Å²) in [5.41, 5.74) is 2.40. The molecule has 0 unspecified atom stereocenters. The Kier molecular flexibility index (Phi) is 7.96. The van der Waals surface area contributed by atoms with E-state index in [2.05, 4.69) is 15.3 Å². The number of aromatic hydroxyl groups is 1. The van der Waals surface area contributed by atoms with Crippen LogP contribution in [0.2, 0.25) is 0 Å². The molecule has 2 aromatic rings. The lowest BCUT2D eigenvalue weighted by Gasteiger charge is -2.06. The van der Waals surface area contributed by atoms with Crippen molar-refractivity contribution in [3.63, 3.8) is 0 Å². The summed E-state index contributed by atoms with van der Waals surface area (Å²) in [6.45, 7) is 3.73. The average molecular weight is 379 g/mol. The number of aliphatic imine (C=N–C) groups is 2. The molecule has 2 N–H and O–H groups in total. The van der Waals surface area contributed by atoms with Crippen molar-refractivity contribution in [3.8, 4) is 11.5 Å². The number of hydrogen-bond acceptors (Lipinski definition) is 5. The molecule has 2 aromatic carbocycles. The standard InChI is InChI=1S/C22H25N3O3/c1-4-13-23-21(18-7-11-20(28-3)12-8-18)15-24-16(2)25-22(27)14-17-5-9-19(26)10-6-17/h5-13,15,26H,4,14H2,1-3H3,(H,24,25,27)/b21-15-,23-13?. The molecule has 0 bridgehead atoms. The molecule has 28 heavy (non-hydrogen) atoms. The molecule has 0 saturated heterocycles. The molecule has 0 heterocycles. The number of phenolic OH excluding ortho intramolecular Hbond substituents is 1. The molecule has 0 fully saturated rings. The molecule has 1 amide bonds. The van der Waals surface area contributed by atoms with Crippen molar-refractivity contribution in [1.82, 2.24) is 5.32 Å². The van der Waals surface area contributed by atoms with Crippen molar-refractivity contribution in [2.75, 3.05) is 7.11 Å². The summed E-state index contributed by atoms with van der Waals surface area (Å²) in [6, 6.07) is 14.1. The van der Waals surface area contributed by atoms with Crippen molar-refractivity contribution in [3.05, 3.63) is 65.9 Å². The van der Waals surface area contributed by atoms with Gasteiger partial charge in [0, 0.05) is 11.8 Å². The summed E-state index contributed by atoms with van der Waals surface area (Å²) in [6.07, 6.45) is 4.45. The Bertz CT molecular complexity index is 867. The second-order valence-corrected chi connectivity index (χ2v) is 6.07. The number of ether oxygens (including phenoxy) is 1. The highest BCUT2D eigenvalue weighted by Crippen LogP contribution is 2.19. The van der Waals surface area contributed by atoms with Gasteiger partial charge in [0.05, 0.1) is 25.4 Å². The number of phenols is 1. The second kappa shape index (κ2) is 10.7. The van der Waals surface area contributed by atoms with Crippen molar-refractivity contribution < 1.29 is 14.6 Å².